The molecule has 1 aliphatic heterocycles. The molecule has 1 aromatic carbocycles. The van der Waals surface area contributed by atoms with Crippen LogP contribution < -0.4 is 0 Å². The number of fused-ring (bicyclic) bond motifs is 1. The number of epoxide rings is 1. The maximum absolute atomic E-state index is 11.0. The van der Waals surface area contributed by atoms with Crippen LogP contribution in [0.4, 0.5) is 0 Å². The van der Waals surface area contributed by atoms with Crippen LogP contribution in [0.2, 0.25) is 0 Å². The van der Waals surface area contributed by atoms with Crippen LogP contribution in [0.5, 0.6) is 0 Å². The molecular formula is C13H14O4. The van der Waals surface area contributed by atoms with Crippen molar-refractivity contribution in [2.45, 2.75) is 37.3 Å². The minimum Gasteiger partial charge on any atom is -0.479 e. The summed E-state index contributed by atoms with van der Waals surface area (Å²) in [6.07, 6.45) is 1.03. The van der Waals surface area contributed by atoms with Gasteiger partial charge < -0.3 is 14.6 Å². The Morgan fingerprint density at radius 1 is 1.47 bits per heavy atom. The molecule has 3 rings (SSSR count). The third-order valence-electron chi connectivity index (χ3n) is 3.51. The zero-order valence-electron chi connectivity index (χ0n) is 9.33. The van der Waals surface area contributed by atoms with Crippen LogP contribution in [0.15, 0.2) is 30.3 Å². The molecule has 0 aromatic heterocycles. The van der Waals surface area contributed by atoms with Crippen molar-refractivity contribution in [3.63, 3.8) is 0 Å². The lowest BCUT2D eigenvalue weighted by Gasteiger charge is -2.14. The van der Waals surface area contributed by atoms with E-state index in [0.29, 0.717) is 19.4 Å². The molecule has 0 amide bonds. The first-order valence-electron chi connectivity index (χ1n) is 5.77. The van der Waals surface area contributed by atoms with Crippen molar-refractivity contribution >= 4 is 5.97 Å². The van der Waals surface area contributed by atoms with Crippen molar-refractivity contribution in [1.82, 2.24) is 0 Å². The predicted molar refractivity (Wildman–Crippen MR) is 59.5 cm³/mol. The van der Waals surface area contributed by atoms with Gasteiger partial charge in [-0.15, -0.1) is 0 Å². The lowest BCUT2D eigenvalue weighted by Crippen LogP contribution is -2.26. The van der Waals surface area contributed by atoms with Crippen molar-refractivity contribution in [1.29, 1.82) is 0 Å². The average Bonchev–Trinajstić information content (AvgIpc) is 2.92. The Morgan fingerprint density at radius 3 is 2.88 bits per heavy atom. The highest BCUT2D eigenvalue weighted by Crippen LogP contribution is 2.51. The molecule has 1 saturated heterocycles. The Bertz CT molecular complexity index is 430. The second kappa shape index (κ2) is 3.82. The highest BCUT2D eigenvalue weighted by Gasteiger charge is 2.68. The molecule has 1 saturated carbocycles. The zero-order chi connectivity index (χ0) is 11.9. The molecule has 1 aliphatic carbocycles. The smallest absolute Gasteiger partial charge is 0.338 e. The Kier molecular flexibility index (Phi) is 2.42. The van der Waals surface area contributed by atoms with Crippen LogP contribution in [0, 0.1) is 0 Å². The molecule has 4 nitrogen and oxygen atoms in total. The highest BCUT2D eigenvalue weighted by atomic mass is 16.6. The summed E-state index contributed by atoms with van der Waals surface area (Å²) in [5.74, 6) is -0.853. The van der Waals surface area contributed by atoms with Crippen molar-refractivity contribution in [3.05, 3.63) is 35.9 Å². The molecule has 17 heavy (non-hydrogen) atoms. The zero-order valence-corrected chi connectivity index (χ0v) is 9.33. The van der Waals surface area contributed by atoms with E-state index < -0.39 is 11.6 Å². The lowest BCUT2D eigenvalue weighted by molar-refractivity contribution is -0.144. The average molecular weight is 234 g/mol. The van der Waals surface area contributed by atoms with Gasteiger partial charge in [-0.25, -0.2) is 4.79 Å². The number of aliphatic carboxylic acids is 1. The van der Waals surface area contributed by atoms with E-state index in [1.807, 2.05) is 30.3 Å². The number of carbonyl (C=O) groups is 1. The summed E-state index contributed by atoms with van der Waals surface area (Å²) in [7, 11) is 0. The fourth-order valence-corrected chi connectivity index (χ4v) is 2.49. The molecule has 4 heteroatoms. The van der Waals surface area contributed by atoms with Gasteiger partial charge in [-0.1, -0.05) is 30.3 Å². The monoisotopic (exact) mass is 234 g/mol. The van der Waals surface area contributed by atoms with Crippen LogP contribution in [0.3, 0.4) is 0 Å². The van der Waals surface area contributed by atoms with Crippen LogP contribution >= 0.6 is 0 Å². The van der Waals surface area contributed by atoms with E-state index in [1.165, 1.54) is 0 Å². The van der Waals surface area contributed by atoms with E-state index in [4.69, 9.17) is 14.6 Å². The first-order valence-corrected chi connectivity index (χ1v) is 5.77. The van der Waals surface area contributed by atoms with E-state index in [0.717, 1.165) is 5.56 Å². The largest absolute Gasteiger partial charge is 0.479 e. The predicted octanol–water partition coefficient (Wildman–Crippen LogP) is 1.59. The molecule has 2 fully saturated rings. The summed E-state index contributed by atoms with van der Waals surface area (Å²) in [6.45, 7) is 0.536. The van der Waals surface area contributed by atoms with Crippen molar-refractivity contribution in [2.75, 3.05) is 0 Å². The van der Waals surface area contributed by atoms with Gasteiger partial charge in [-0.05, 0) is 5.56 Å². The van der Waals surface area contributed by atoms with Gasteiger partial charge in [0.05, 0.1) is 12.7 Å². The van der Waals surface area contributed by atoms with Gasteiger partial charge in [0.15, 0.2) is 5.60 Å². The van der Waals surface area contributed by atoms with E-state index in [-0.39, 0.29) is 12.2 Å². The van der Waals surface area contributed by atoms with Gasteiger partial charge in [0, 0.05) is 12.8 Å². The molecule has 0 unspecified atom stereocenters. The third kappa shape index (κ3) is 1.83. The van der Waals surface area contributed by atoms with E-state index in [2.05, 4.69) is 0 Å². The molecular weight excluding hydrogens is 220 g/mol. The van der Waals surface area contributed by atoms with Crippen molar-refractivity contribution < 1.29 is 19.4 Å². The minimum atomic E-state index is -0.929. The number of hydrogen-bond donors (Lipinski definition) is 1. The van der Waals surface area contributed by atoms with Gasteiger partial charge in [-0.2, -0.15) is 0 Å². The normalized spacial score (nSPS) is 34.4. The summed E-state index contributed by atoms with van der Waals surface area (Å²) < 4.78 is 10.9. The molecule has 1 heterocycles. The fraction of sp³-hybridized carbons (Fsp3) is 0.462. The summed E-state index contributed by atoms with van der Waals surface area (Å²) in [4.78, 5) is 11.0. The number of ether oxygens (including phenoxy) is 2. The van der Waals surface area contributed by atoms with E-state index in [9.17, 15) is 4.79 Å². The molecule has 90 valence electrons. The molecule has 3 atom stereocenters. The highest BCUT2D eigenvalue weighted by molar-refractivity contribution is 5.82. The Balaban J connectivity index is 1.54. The summed E-state index contributed by atoms with van der Waals surface area (Å²) >= 11 is 0. The first-order chi connectivity index (χ1) is 8.21. The Morgan fingerprint density at radius 2 is 2.24 bits per heavy atom. The van der Waals surface area contributed by atoms with Gasteiger partial charge >= 0.3 is 5.97 Å². The summed E-state index contributed by atoms with van der Waals surface area (Å²) in [5, 5.41) is 9.04. The molecule has 1 N–H and O–H groups in total. The van der Waals surface area contributed by atoms with Gasteiger partial charge in [0.2, 0.25) is 0 Å². The van der Waals surface area contributed by atoms with Crippen LogP contribution in [-0.4, -0.2) is 28.9 Å². The molecule has 0 radical (unpaired) electrons. The van der Waals surface area contributed by atoms with Crippen molar-refractivity contribution in [3.8, 4) is 0 Å². The number of rotatable bonds is 4. The number of carboxylic acids is 1. The van der Waals surface area contributed by atoms with E-state index >= 15 is 0 Å². The number of benzene rings is 1. The van der Waals surface area contributed by atoms with Gasteiger partial charge in [0.1, 0.15) is 6.10 Å². The molecule has 1 aromatic rings. The second-order valence-corrected chi connectivity index (χ2v) is 4.66. The third-order valence-corrected chi connectivity index (χ3v) is 3.51. The quantitative estimate of drug-likeness (QED) is 0.804. The fourth-order valence-electron chi connectivity index (χ4n) is 2.49. The maximum atomic E-state index is 11.0. The van der Waals surface area contributed by atoms with Crippen LogP contribution in [0.1, 0.15) is 18.4 Å². The summed E-state index contributed by atoms with van der Waals surface area (Å²) in [5.41, 5.74) is 0.180. The lowest BCUT2D eigenvalue weighted by atomic mass is 10.1. The first kappa shape index (κ1) is 10.7. The van der Waals surface area contributed by atoms with Crippen molar-refractivity contribution in [2.24, 2.45) is 0 Å². The number of hydrogen-bond acceptors (Lipinski definition) is 3. The standard InChI is InChI=1S/C13H14O4/c14-12(15)13-7-10(6-11(13)17-13)16-8-9-4-2-1-3-5-9/h1-5,10-11H,6-8H2,(H,14,15)/t10-,11+,13-/m1/s1. The maximum Gasteiger partial charge on any atom is 0.338 e. The SMILES string of the molecule is O=C(O)[C@@]12C[C@H](OCc3ccccc3)C[C@@H]1O2. The summed E-state index contributed by atoms with van der Waals surface area (Å²) in [6, 6.07) is 9.89. The van der Waals surface area contributed by atoms with Crippen LogP contribution in [-0.2, 0) is 20.9 Å². The molecule has 0 bridgehead atoms. The second-order valence-electron chi connectivity index (χ2n) is 4.66. The Hall–Kier alpha value is -1.39. The minimum absolute atomic E-state index is 0.00468. The van der Waals surface area contributed by atoms with Gasteiger partial charge in [0.25, 0.3) is 0 Å². The molecule has 2 aliphatic rings. The molecule has 0 spiro atoms. The van der Waals surface area contributed by atoms with Crippen LogP contribution in [0.25, 0.3) is 0 Å². The van der Waals surface area contributed by atoms with E-state index in [1.54, 1.807) is 0 Å². The Labute approximate surface area is 99.2 Å². The topological polar surface area (TPSA) is 59.1 Å². The number of carboxylic acid groups (broad SMARTS) is 1. The van der Waals surface area contributed by atoms with Gasteiger partial charge in [-0.3, -0.25) is 0 Å².